The Balaban J connectivity index is 2.23. The third-order valence-electron chi connectivity index (χ3n) is 6.69. The second kappa shape index (κ2) is 17.5. The topological polar surface area (TPSA) is 219 Å². The van der Waals surface area contributed by atoms with Crippen LogP contribution in [0.15, 0.2) is 58.3 Å². The second-order valence-corrected chi connectivity index (χ2v) is 14.1. The van der Waals surface area contributed by atoms with Crippen molar-refractivity contribution in [3.63, 3.8) is 0 Å². The lowest BCUT2D eigenvalue weighted by atomic mass is 10.3. The first-order valence-electron chi connectivity index (χ1n) is 14.3. The molecule has 0 unspecified atom stereocenters. The van der Waals surface area contributed by atoms with Crippen molar-refractivity contribution in [3.8, 4) is 0 Å². The van der Waals surface area contributed by atoms with Gasteiger partial charge < -0.3 is 10.6 Å². The third kappa shape index (κ3) is 12.2. The van der Waals surface area contributed by atoms with Gasteiger partial charge in [0.05, 0.1) is 19.6 Å². The Morgan fingerprint density at radius 2 is 0.860 bits per heavy atom. The number of alkyl halides is 6. The fourth-order valence-electron chi connectivity index (χ4n) is 4.17. The summed E-state index contributed by atoms with van der Waals surface area (Å²) in [5.41, 5.74) is -0.865. The van der Waals surface area contributed by atoms with E-state index in [0.29, 0.717) is 0 Å². The molecule has 0 aliphatic heterocycles. The van der Waals surface area contributed by atoms with E-state index in [0.717, 1.165) is 57.1 Å². The fourth-order valence-corrected chi connectivity index (χ4v) is 7.21. The molecule has 0 heterocycles. The van der Waals surface area contributed by atoms with Crippen LogP contribution in [0, 0.1) is 20.2 Å². The van der Waals surface area contributed by atoms with Gasteiger partial charge in [-0.05, 0) is 49.9 Å². The fraction of sp³-hybridized carbons (Fsp3) is 0.462. The minimum absolute atomic E-state index is 0.0990. The van der Waals surface area contributed by atoms with Crippen molar-refractivity contribution in [2.24, 2.45) is 0 Å². The highest BCUT2D eigenvalue weighted by Gasteiger charge is 2.39. The van der Waals surface area contributed by atoms with Gasteiger partial charge in [0.2, 0.25) is 20.0 Å². The summed E-state index contributed by atoms with van der Waals surface area (Å²) < 4.78 is 130. The predicted molar refractivity (Wildman–Crippen MR) is 160 cm³/mol. The number of nitrogens with one attached hydrogen (secondary N) is 2. The van der Waals surface area contributed by atoms with E-state index in [9.17, 15) is 73.0 Å². The lowest BCUT2D eigenvalue weighted by Crippen LogP contribution is -2.40. The van der Waals surface area contributed by atoms with Gasteiger partial charge in [-0.15, -0.1) is 0 Å². The molecule has 2 rings (SSSR count). The summed E-state index contributed by atoms with van der Waals surface area (Å²) in [7, 11) is -8.87. The van der Waals surface area contributed by atoms with Gasteiger partial charge in [0.15, 0.2) is 0 Å². The first-order chi connectivity index (χ1) is 23.1. The van der Waals surface area contributed by atoms with Crippen molar-refractivity contribution in [2.45, 2.75) is 47.8 Å². The van der Waals surface area contributed by atoms with Crippen LogP contribution in [-0.2, 0) is 29.6 Å². The highest BCUT2D eigenvalue weighted by atomic mass is 32.2. The number of non-ortho nitro benzene ring substituents is 2. The van der Waals surface area contributed by atoms with Crippen LogP contribution in [0.3, 0.4) is 0 Å². The van der Waals surface area contributed by atoms with Crippen LogP contribution in [0.25, 0.3) is 0 Å². The highest BCUT2D eigenvalue weighted by Crippen LogP contribution is 2.23. The molecule has 0 aliphatic carbocycles. The van der Waals surface area contributed by atoms with E-state index in [-0.39, 0.29) is 38.8 Å². The molecule has 0 saturated heterocycles. The predicted octanol–water partition coefficient (Wildman–Crippen LogP) is 3.10. The molecule has 0 aromatic heterocycles. The third-order valence-corrected chi connectivity index (χ3v) is 10.5. The smallest absolute Gasteiger partial charge is 0.348 e. The van der Waals surface area contributed by atoms with Gasteiger partial charge in [-0.3, -0.25) is 29.8 Å². The molecule has 2 amide bonds. The van der Waals surface area contributed by atoms with Crippen molar-refractivity contribution in [2.75, 3.05) is 39.3 Å². The zero-order valence-electron chi connectivity index (χ0n) is 25.6. The number of benzene rings is 2. The van der Waals surface area contributed by atoms with Crippen LogP contribution >= 0.6 is 0 Å². The molecular formula is C26H30F6N6O10S2. The van der Waals surface area contributed by atoms with E-state index in [1.54, 1.807) is 10.6 Å². The molecular weight excluding hydrogens is 734 g/mol. The van der Waals surface area contributed by atoms with Crippen molar-refractivity contribution < 1.29 is 62.6 Å². The number of amides is 2. The lowest BCUT2D eigenvalue weighted by Gasteiger charge is -2.25. The van der Waals surface area contributed by atoms with E-state index in [1.165, 1.54) is 0 Å². The number of nitro benzene ring substituents is 2. The molecule has 0 spiro atoms. The van der Waals surface area contributed by atoms with E-state index in [1.807, 2.05) is 0 Å². The summed E-state index contributed by atoms with van der Waals surface area (Å²) in [6.07, 6.45) is -11.2. The monoisotopic (exact) mass is 764 g/mol. The summed E-state index contributed by atoms with van der Waals surface area (Å²) in [6.45, 7) is -2.78. The minimum atomic E-state index is -5.19. The Bertz CT molecular complexity index is 1600. The zero-order valence-corrected chi connectivity index (χ0v) is 27.3. The molecule has 0 bridgehead atoms. The number of unbranched alkanes of at least 4 members (excludes halogenated alkanes) is 1. The Kier molecular flexibility index (Phi) is 14.6. The molecule has 50 heavy (non-hydrogen) atoms. The normalized spacial score (nSPS) is 12.6. The summed E-state index contributed by atoms with van der Waals surface area (Å²) in [6, 6.07) is 7.37. The van der Waals surface area contributed by atoms with E-state index in [4.69, 9.17) is 0 Å². The molecule has 16 nitrogen and oxygen atoms in total. The molecule has 0 radical (unpaired) electrons. The minimum Gasteiger partial charge on any atom is -0.348 e. The number of carbonyl (C=O) groups is 2. The number of rotatable bonds is 19. The number of sulfonamides is 2. The van der Waals surface area contributed by atoms with Crippen LogP contribution < -0.4 is 10.6 Å². The molecule has 278 valence electrons. The van der Waals surface area contributed by atoms with Crippen molar-refractivity contribution in [3.05, 3.63) is 68.8 Å². The lowest BCUT2D eigenvalue weighted by molar-refractivity contribution is -0.385. The largest absolute Gasteiger partial charge is 0.471 e. The molecule has 0 aliphatic rings. The van der Waals surface area contributed by atoms with E-state index in [2.05, 4.69) is 0 Å². The van der Waals surface area contributed by atoms with Crippen LogP contribution in [-0.4, -0.2) is 98.7 Å². The Morgan fingerprint density at radius 3 is 1.12 bits per heavy atom. The molecule has 2 aromatic carbocycles. The van der Waals surface area contributed by atoms with Gasteiger partial charge >= 0.3 is 24.2 Å². The summed E-state index contributed by atoms with van der Waals surface area (Å²) in [5, 5.41) is 25.1. The average molecular weight is 765 g/mol. The van der Waals surface area contributed by atoms with Gasteiger partial charge in [0.1, 0.15) is 0 Å². The molecule has 0 fully saturated rings. The quantitative estimate of drug-likeness (QED) is 0.0922. The van der Waals surface area contributed by atoms with Gasteiger partial charge in [-0.25, -0.2) is 16.8 Å². The molecule has 0 atom stereocenters. The maximum Gasteiger partial charge on any atom is 0.471 e. The summed E-state index contributed by atoms with van der Waals surface area (Å²) in [4.78, 5) is 41.8. The van der Waals surface area contributed by atoms with Crippen LogP contribution in [0.5, 0.6) is 0 Å². The van der Waals surface area contributed by atoms with Crippen molar-refractivity contribution in [1.29, 1.82) is 0 Å². The van der Waals surface area contributed by atoms with E-state index < -0.39 is 101 Å². The first kappa shape index (κ1) is 41.7. The zero-order chi connectivity index (χ0) is 37.9. The van der Waals surface area contributed by atoms with Gasteiger partial charge in [0.25, 0.3) is 11.4 Å². The highest BCUT2D eigenvalue weighted by molar-refractivity contribution is 7.89. The van der Waals surface area contributed by atoms with Crippen LogP contribution in [0.2, 0.25) is 0 Å². The van der Waals surface area contributed by atoms with Gasteiger partial charge in [0, 0.05) is 63.5 Å². The van der Waals surface area contributed by atoms with Gasteiger partial charge in [-0.1, -0.05) is 0 Å². The number of nitro groups is 2. The molecule has 2 N–H and O–H groups in total. The Hall–Kier alpha value is -4.42. The van der Waals surface area contributed by atoms with Gasteiger partial charge in [-0.2, -0.15) is 35.0 Å². The SMILES string of the molecule is O=C(NCCCN(CCCCN(CCCNC(=O)C(F)(F)F)S(=O)(=O)c1ccc([N+](=O)[O-])cc1)S(=O)(=O)c1ccc([N+](=O)[O-])cc1)C(F)(F)F. The maximum absolute atomic E-state index is 13.4. The number of nitrogens with zero attached hydrogens (tertiary/aromatic N) is 4. The average Bonchev–Trinajstić information content (AvgIpc) is 3.03. The maximum atomic E-state index is 13.4. The molecule has 0 saturated carbocycles. The molecule has 24 heteroatoms. The Labute approximate surface area is 280 Å². The van der Waals surface area contributed by atoms with Crippen molar-refractivity contribution >= 4 is 43.2 Å². The first-order valence-corrected chi connectivity index (χ1v) is 17.2. The number of carbonyl (C=O) groups excluding carboxylic acids is 2. The Morgan fingerprint density at radius 1 is 0.580 bits per heavy atom. The standard InChI is InChI=1S/C26H30F6N6O10S2/c27-25(28,29)23(39)33-13-3-17-35(49(45,46)21-9-5-19(6-10-21)37(41)42)15-1-2-16-36(18-4-14-34-24(40)26(30,31)32)50(47,48)22-11-7-20(8-12-22)38(43)44/h5-12H,1-4,13-18H2,(H,33,39)(H,34,40). The molecule has 2 aromatic rings. The van der Waals surface area contributed by atoms with E-state index >= 15 is 0 Å². The second-order valence-electron chi connectivity index (χ2n) is 10.2. The summed E-state index contributed by atoms with van der Waals surface area (Å²) >= 11 is 0. The van der Waals surface area contributed by atoms with Crippen molar-refractivity contribution in [1.82, 2.24) is 19.2 Å². The van der Waals surface area contributed by atoms with Crippen LogP contribution in [0.1, 0.15) is 25.7 Å². The number of hydrogen-bond donors (Lipinski definition) is 2. The summed E-state index contributed by atoms with van der Waals surface area (Å²) in [5.74, 6) is -4.51. The number of halogens is 6. The van der Waals surface area contributed by atoms with Crippen LogP contribution in [0.4, 0.5) is 37.7 Å². The number of hydrogen-bond acceptors (Lipinski definition) is 10.